The van der Waals surface area contributed by atoms with E-state index in [0.717, 1.165) is 46.7 Å². The maximum absolute atomic E-state index is 9.31. The highest BCUT2D eigenvalue weighted by Crippen LogP contribution is 2.36. The molecule has 142 valence electrons. The van der Waals surface area contributed by atoms with Gasteiger partial charge >= 0.3 is 0 Å². The number of anilines is 4. The summed E-state index contributed by atoms with van der Waals surface area (Å²) in [4.78, 5) is 0. The molecule has 4 rings (SSSR count). The summed E-state index contributed by atoms with van der Waals surface area (Å²) in [5, 5.41) is 32.3. The number of rotatable bonds is 1. The molecule has 2 heterocycles. The fourth-order valence-electron chi connectivity index (χ4n) is 3.96. The first-order chi connectivity index (χ1) is 13.6. The van der Waals surface area contributed by atoms with E-state index < -0.39 is 0 Å². The average Bonchev–Trinajstić information content (AvgIpc) is 2.95. The van der Waals surface area contributed by atoms with Crippen molar-refractivity contribution in [1.82, 2.24) is 0 Å². The van der Waals surface area contributed by atoms with Crippen molar-refractivity contribution in [2.45, 2.75) is 50.9 Å². The van der Waals surface area contributed by atoms with Crippen molar-refractivity contribution in [2.75, 3.05) is 21.3 Å². The number of hydrogen-bond donors (Lipinski definition) is 4. The Kier molecular flexibility index (Phi) is 4.71. The van der Waals surface area contributed by atoms with Crippen molar-refractivity contribution in [3.8, 4) is 23.3 Å². The van der Waals surface area contributed by atoms with Gasteiger partial charge in [-0.05, 0) is 49.2 Å². The van der Waals surface area contributed by atoms with Gasteiger partial charge in [0.2, 0.25) is 0 Å². The molecule has 0 spiro atoms. The number of hydrogen-bond acceptors (Lipinski definition) is 6. The van der Waals surface area contributed by atoms with Crippen LogP contribution in [0.2, 0.25) is 0 Å². The zero-order valence-electron chi connectivity index (χ0n) is 16.1. The van der Waals surface area contributed by atoms with Gasteiger partial charge in [0.1, 0.15) is 12.1 Å². The van der Waals surface area contributed by atoms with Crippen molar-refractivity contribution in [3.63, 3.8) is 0 Å². The van der Waals surface area contributed by atoms with E-state index in [4.69, 9.17) is 0 Å². The second-order valence-electron chi connectivity index (χ2n) is 7.73. The highest BCUT2D eigenvalue weighted by Gasteiger charge is 2.21. The number of nitrogens with zero attached hydrogens (tertiary/aromatic N) is 2. The van der Waals surface area contributed by atoms with E-state index in [9.17, 15) is 10.5 Å². The summed E-state index contributed by atoms with van der Waals surface area (Å²) in [6.45, 7) is 4.19. The first-order valence-corrected chi connectivity index (χ1v) is 9.69. The minimum absolute atomic E-state index is 0.188. The number of benzene rings is 2. The van der Waals surface area contributed by atoms with Gasteiger partial charge in [-0.2, -0.15) is 10.5 Å². The minimum atomic E-state index is -0.188. The molecule has 0 aromatic heterocycles. The van der Waals surface area contributed by atoms with Crippen molar-refractivity contribution in [1.29, 1.82) is 10.5 Å². The van der Waals surface area contributed by atoms with E-state index in [1.807, 2.05) is 12.1 Å². The Hall–Kier alpha value is -3.38. The predicted molar refractivity (Wildman–Crippen MR) is 113 cm³/mol. The maximum atomic E-state index is 9.31. The third-order valence-electron chi connectivity index (χ3n) is 5.33. The van der Waals surface area contributed by atoms with Gasteiger partial charge < -0.3 is 21.3 Å². The molecule has 0 saturated heterocycles. The molecule has 0 fully saturated rings. The molecule has 4 atom stereocenters. The topological polar surface area (TPSA) is 95.7 Å². The summed E-state index contributed by atoms with van der Waals surface area (Å²) in [6.07, 6.45) is 1.51. The number of nitriles is 2. The predicted octanol–water partition coefficient (Wildman–Crippen LogP) is 4.37. The van der Waals surface area contributed by atoms with Gasteiger partial charge in [-0.1, -0.05) is 12.1 Å². The molecule has 6 nitrogen and oxygen atoms in total. The fourth-order valence-corrected chi connectivity index (χ4v) is 3.96. The summed E-state index contributed by atoms with van der Waals surface area (Å²) in [5.41, 5.74) is 6.16. The molecule has 0 saturated carbocycles. The Bertz CT molecular complexity index is 890. The standard InChI is InChI=1S/C22H24N6/c1-13-7-17(11-23)27-19-5-3-15(9-21(19)25-13)16-4-6-20-22(10-16)26-14(2)8-18(12-24)28-20/h3-6,9-10,13-14,17-18,25-28H,7-8H2,1-2H3. The molecule has 6 heteroatoms. The summed E-state index contributed by atoms with van der Waals surface area (Å²) < 4.78 is 0. The summed E-state index contributed by atoms with van der Waals surface area (Å²) >= 11 is 0. The van der Waals surface area contributed by atoms with Crippen LogP contribution in [-0.4, -0.2) is 24.2 Å². The van der Waals surface area contributed by atoms with E-state index in [1.54, 1.807) is 0 Å². The van der Waals surface area contributed by atoms with Crippen LogP contribution in [0.3, 0.4) is 0 Å². The lowest BCUT2D eigenvalue weighted by atomic mass is 10.0. The molecule has 2 aliphatic rings. The second kappa shape index (κ2) is 7.32. The third kappa shape index (κ3) is 3.54. The Morgan fingerprint density at radius 3 is 1.50 bits per heavy atom. The molecule has 0 amide bonds. The third-order valence-corrected chi connectivity index (χ3v) is 5.33. The van der Waals surface area contributed by atoms with Crippen molar-refractivity contribution in [2.24, 2.45) is 0 Å². The van der Waals surface area contributed by atoms with Gasteiger partial charge in [-0.3, -0.25) is 0 Å². The van der Waals surface area contributed by atoms with Gasteiger partial charge in [0, 0.05) is 24.9 Å². The van der Waals surface area contributed by atoms with E-state index in [2.05, 4.69) is 71.5 Å². The molecule has 0 radical (unpaired) electrons. The van der Waals surface area contributed by atoms with Gasteiger partial charge in [0.25, 0.3) is 0 Å². The minimum Gasteiger partial charge on any atom is -0.381 e. The molecular weight excluding hydrogens is 348 g/mol. The lowest BCUT2D eigenvalue weighted by Crippen LogP contribution is -2.22. The number of nitrogens with one attached hydrogen (secondary N) is 4. The maximum Gasteiger partial charge on any atom is 0.116 e. The normalized spacial score (nSPS) is 25.6. The van der Waals surface area contributed by atoms with E-state index >= 15 is 0 Å². The van der Waals surface area contributed by atoms with Crippen LogP contribution < -0.4 is 21.3 Å². The highest BCUT2D eigenvalue weighted by atomic mass is 15.0. The molecule has 28 heavy (non-hydrogen) atoms. The first-order valence-electron chi connectivity index (χ1n) is 9.69. The largest absolute Gasteiger partial charge is 0.381 e. The molecule has 2 aromatic rings. The van der Waals surface area contributed by atoms with Gasteiger partial charge in [0.15, 0.2) is 0 Å². The zero-order chi connectivity index (χ0) is 19.7. The van der Waals surface area contributed by atoms with Crippen LogP contribution in [0.15, 0.2) is 36.4 Å². The molecule has 0 bridgehead atoms. The van der Waals surface area contributed by atoms with E-state index in [0.29, 0.717) is 0 Å². The fraction of sp³-hybridized carbons (Fsp3) is 0.364. The molecule has 4 unspecified atom stereocenters. The summed E-state index contributed by atoms with van der Waals surface area (Å²) in [6, 6.07) is 17.2. The van der Waals surface area contributed by atoms with E-state index in [1.165, 1.54) is 0 Å². The van der Waals surface area contributed by atoms with Gasteiger partial charge in [-0.15, -0.1) is 0 Å². The lowest BCUT2D eigenvalue weighted by molar-refractivity contribution is 0.687. The van der Waals surface area contributed by atoms with Crippen molar-refractivity contribution in [3.05, 3.63) is 36.4 Å². The summed E-state index contributed by atoms with van der Waals surface area (Å²) in [5.74, 6) is 0. The lowest BCUT2D eigenvalue weighted by Gasteiger charge is -2.16. The molecule has 4 N–H and O–H groups in total. The average molecular weight is 372 g/mol. The van der Waals surface area contributed by atoms with Crippen LogP contribution in [0.5, 0.6) is 0 Å². The molecule has 2 aromatic carbocycles. The highest BCUT2D eigenvalue weighted by molar-refractivity contribution is 5.83. The van der Waals surface area contributed by atoms with Crippen LogP contribution in [-0.2, 0) is 0 Å². The molecule has 2 aliphatic heterocycles. The van der Waals surface area contributed by atoms with Crippen molar-refractivity contribution >= 4 is 22.7 Å². The molecular formula is C22H24N6. The Morgan fingerprint density at radius 2 is 1.11 bits per heavy atom. The second-order valence-corrected chi connectivity index (χ2v) is 7.73. The summed E-state index contributed by atoms with van der Waals surface area (Å²) in [7, 11) is 0. The van der Waals surface area contributed by atoms with E-state index in [-0.39, 0.29) is 24.2 Å². The van der Waals surface area contributed by atoms with Gasteiger partial charge in [-0.25, -0.2) is 0 Å². The zero-order valence-corrected chi connectivity index (χ0v) is 16.1. The van der Waals surface area contributed by atoms with Crippen LogP contribution in [0, 0.1) is 22.7 Å². The monoisotopic (exact) mass is 372 g/mol. The molecule has 0 aliphatic carbocycles. The Labute approximate surface area is 165 Å². The number of fused-ring (bicyclic) bond motifs is 2. The van der Waals surface area contributed by atoms with Crippen LogP contribution >= 0.6 is 0 Å². The van der Waals surface area contributed by atoms with Gasteiger partial charge in [0.05, 0.1) is 34.9 Å². The Balaban J connectivity index is 1.68. The quantitative estimate of drug-likeness (QED) is 0.594. The van der Waals surface area contributed by atoms with Crippen molar-refractivity contribution < 1.29 is 0 Å². The Morgan fingerprint density at radius 1 is 0.679 bits per heavy atom. The van der Waals surface area contributed by atoms with Crippen LogP contribution in [0.1, 0.15) is 26.7 Å². The first kappa shape index (κ1) is 18.0. The van der Waals surface area contributed by atoms with Crippen LogP contribution in [0.25, 0.3) is 11.1 Å². The van der Waals surface area contributed by atoms with Crippen LogP contribution in [0.4, 0.5) is 22.7 Å². The smallest absolute Gasteiger partial charge is 0.116 e. The SMILES string of the molecule is CC1CC(C#N)Nc2ccc(-c3ccc4c(c3)NC(C)CC(C#N)N4)cc2N1.